The van der Waals surface area contributed by atoms with Crippen LogP contribution in [0.25, 0.3) is 0 Å². The molecule has 2 aromatic rings. The Balaban J connectivity index is 2.01. The molecule has 0 saturated carbocycles. The molecule has 0 spiro atoms. The van der Waals surface area contributed by atoms with E-state index in [2.05, 4.69) is 20.6 Å². The van der Waals surface area contributed by atoms with E-state index < -0.39 is 0 Å². The number of aromatic amines is 1. The average molecular weight is 258 g/mol. The second-order valence-corrected chi connectivity index (χ2v) is 4.32. The summed E-state index contributed by atoms with van der Waals surface area (Å²) >= 11 is 0. The highest BCUT2D eigenvalue weighted by Gasteiger charge is 2.07. The fourth-order valence-electron chi connectivity index (χ4n) is 1.85. The predicted octanol–water partition coefficient (Wildman–Crippen LogP) is 2.08. The van der Waals surface area contributed by atoms with Crippen LogP contribution in [0.3, 0.4) is 0 Å². The van der Waals surface area contributed by atoms with Gasteiger partial charge in [-0.15, -0.1) is 0 Å². The van der Waals surface area contributed by atoms with Gasteiger partial charge < -0.3 is 15.6 Å². The molecular formula is C14H18N4O. The molecule has 0 unspecified atom stereocenters. The highest BCUT2D eigenvalue weighted by Crippen LogP contribution is 2.16. The number of carbonyl (C=O) groups is 1. The van der Waals surface area contributed by atoms with Crippen molar-refractivity contribution in [1.82, 2.24) is 15.3 Å². The van der Waals surface area contributed by atoms with Crippen LogP contribution in [0.1, 0.15) is 28.5 Å². The second-order valence-electron chi connectivity index (χ2n) is 4.32. The number of hydrogen-bond acceptors (Lipinski definition) is 3. The number of imidazole rings is 1. The molecule has 5 heteroatoms. The van der Waals surface area contributed by atoms with Crippen molar-refractivity contribution < 1.29 is 4.79 Å². The summed E-state index contributed by atoms with van der Waals surface area (Å²) in [6.07, 6.45) is 3.29. The van der Waals surface area contributed by atoms with Crippen LogP contribution in [0, 0.1) is 6.92 Å². The molecule has 0 aliphatic carbocycles. The minimum atomic E-state index is -0.0826. The van der Waals surface area contributed by atoms with Crippen LogP contribution in [0.5, 0.6) is 0 Å². The topological polar surface area (TPSA) is 69.8 Å². The van der Waals surface area contributed by atoms with Crippen LogP contribution in [-0.2, 0) is 6.54 Å². The van der Waals surface area contributed by atoms with Gasteiger partial charge in [0.2, 0.25) is 0 Å². The number of benzene rings is 1. The van der Waals surface area contributed by atoms with Crippen LogP contribution in [-0.4, -0.2) is 22.4 Å². The zero-order chi connectivity index (χ0) is 13.7. The van der Waals surface area contributed by atoms with Gasteiger partial charge in [0.1, 0.15) is 0 Å². The van der Waals surface area contributed by atoms with E-state index in [0.717, 1.165) is 23.5 Å². The van der Waals surface area contributed by atoms with Gasteiger partial charge in [0.15, 0.2) is 0 Å². The normalized spacial score (nSPS) is 10.2. The van der Waals surface area contributed by atoms with E-state index in [0.29, 0.717) is 12.1 Å². The number of nitrogens with one attached hydrogen (secondary N) is 3. The van der Waals surface area contributed by atoms with Gasteiger partial charge in [0.25, 0.3) is 5.91 Å². The van der Waals surface area contributed by atoms with Crippen molar-refractivity contribution in [3.05, 3.63) is 47.5 Å². The minimum Gasteiger partial charge on any atom is -0.385 e. The maximum absolute atomic E-state index is 12.0. The van der Waals surface area contributed by atoms with E-state index in [4.69, 9.17) is 0 Å². The monoisotopic (exact) mass is 258 g/mol. The Labute approximate surface area is 112 Å². The molecule has 3 N–H and O–H groups in total. The van der Waals surface area contributed by atoms with Gasteiger partial charge in [0, 0.05) is 24.0 Å². The van der Waals surface area contributed by atoms with Crippen LogP contribution in [0.4, 0.5) is 5.69 Å². The zero-order valence-corrected chi connectivity index (χ0v) is 11.2. The Morgan fingerprint density at radius 1 is 1.42 bits per heavy atom. The second kappa shape index (κ2) is 6.04. The quantitative estimate of drug-likeness (QED) is 0.769. The molecule has 100 valence electrons. The number of aromatic nitrogens is 2. The predicted molar refractivity (Wildman–Crippen MR) is 75.1 cm³/mol. The summed E-state index contributed by atoms with van der Waals surface area (Å²) in [7, 11) is 0. The number of aryl methyl sites for hydroxylation is 1. The molecule has 0 atom stereocenters. The van der Waals surface area contributed by atoms with Crippen molar-refractivity contribution in [3.8, 4) is 0 Å². The first-order valence-corrected chi connectivity index (χ1v) is 6.30. The first-order chi connectivity index (χ1) is 9.20. The fraction of sp³-hybridized carbons (Fsp3) is 0.286. The van der Waals surface area contributed by atoms with Crippen molar-refractivity contribution in [2.24, 2.45) is 0 Å². The molecule has 0 aliphatic rings. The maximum Gasteiger partial charge on any atom is 0.251 e. The molecule has 5 nitrogen and oxygen atoms in total. The lowest BCUT2D eigenvalue weighted by Crippen LogP contribution is -2.23. The molecule has 1 aromatic carbocycles. The van der Waals surface area contributed by atoms with E-state index in [9.17, 15) is 4.79 Å². The molecule has 1 amide bonds. The Morgan fingerprint density at radius 3 is 2.89 bits per heavy atom. The number of anilines is 1. The molecule has 1 aromatic heterocycles. The smallest absolute Gasteiger partial charge is 0.251 e. The number of nitrogens with zero attached hydrogens (tertiary/aromatic N) is 1. The number of hydrogen-bond donors (Lipinski definition) is 3. The van der Waals surface area contributed by atoms with Gasteiger partial charge in [-0.05, 0) is 37.6 Å². The summed E-state index contributed by atoms with van der Waals surface area (Å²) < 4.78 is 0. The van der Waals surface area contributed by atoms with Crippen LogP contribution < -0.4 is 10.6 Å². The Kier molecular flexibility index (Phi) is 4.18. The molecule has 0 bridgehead atoms. The summed E-state index contributed by atoms with van der Waals surface area (Å²) in [5, 5.41) is 6.10. The van der Waals surface area contributed by atoms with Crippen LogP contribution in [0.2, 0.25) is 0 Å². The van der Waals surface area contributed by atoms with Gasteiger partial charge in [-0.1, -0.05) is 0 Å². The highest BCUT2D eigenvalue weighted by atomic mass is 16.1. The fourth-order valence-corrected chi connectivity index (χ4v) is 1.85. The van der Waals surface area contributed by atoms with Crippen molar-refractivity contribution in [1.29, 1.82) is 0 Å². The lowest BCUT2D eigenvalue weighted by Gasteiger charge is -2.09. The summed E-state index contributed by atoms with van der Waals surface area (Å²) in [4.78, 5) is 18.8. The molecule has 1 heterocycles. The lowest BCUT2D eigenvalue weighted by molar-refractivity contribution is 0.0950. The van der Waals surface area contributed by atoms with E-state index in [-0.39, 0.29) is 5.91 Å². The van der Waals surface area contributed by atoms with E-state index in [1.54, 1.807) is 12.5 Å². The SMILES string of the molecule is CCNc1ccc(C(=O)NCc2cnc[nH]2)cc1C. The van der Waals surface area contributed by atoms with Crippen LogP contribution >= 0.6 is 0 Å². The first kappa shape index (κ1) is 13.1. The van der Waals surface area contributed by atoms with Gasteiger partial charge >= 0.3 is 0 Å². The average Bonchev–Trinajstić information content (AvgIpc) is 2.91. The van der Waals surface area contributed by atoms with Crippen molar-refractivity contribution in [3.63, 3.8) is 0 Å². The maximum atomic E-state index is 12.0. The molecule has 0 saturated heterocycles. The molecule has 19 heavy (non-hydrogen) atoms. The first-order valence-electron chi connectivity index (χ1n) is 6.30. The Bertz CT molecular complexity index is 549. The molecule has 0 fully saturated rings. The minimum absolute atomic E-state index is 0.0826. The Hall–Kier alpha value is -2.30. The van der Waals surface area contributed by atoms with Crippen molar-refractivity contribution in [2.75, 3.05) is 11.9 Å². The third-order valence-electron chi connectivity index (χ3n) is 2.85. The zero-order valence-electron chi connectivity index (χ0n) is 11.2. The summed E-state index contributed by atoms with van der Waals surface area (Å²) in [5.74, 6) is -0.0826. The standard InChI is InChI=1S/C14H18N4O/c1-3-16-13-5-4-11(6-10(13)2)14(19)17-8-12-7-15-9-18-12/h4-7,9,16H,3,8H2,1-2H3,(H,15,18)(H,17,19). The number of rotatable bonds is 5. The third-order valence-corrected chi connectivity index (χ3v) is 2.85. The third kappa shape index (κ3) is 3.34. The molecule has 0 radical (unpaired) electrons. The van der Waals surface area contributed by atoms with Crippen LogP contribution in [0.15, 0.2) is 30.7 Å². The Morgan fingerprint density at radius 2 is 2.26 bits per heavy atom. The van der Waals surface area contributed by atoms with E-state index in [1.165, 1.54) is 0 Å². The number of carbonyl (C=O) groups excluding carboxylic acids is 1. The number of amides is 1. The molecular weight excluding hydrogens is 240 g/mol. The summed E-state index contributed by atoms with van der Waals surface area (Å²) in [6.45, 7) is 5.35. The number of H-pyrrole nitrogens is 1. The van der Waals surface area contributed by atoms with E-state index >= 15 is 0 Å². The van der Waals surface area contributed by atoms with E-state index in [1.807, 2.05) is 32.0 Å². The lowest BCUT2D eigenvalue weighted by atomic mass is 10.1. The van der Waals surface area contributed by atoms with Crippen molar-refractivity contribution >= 4 is 11.6 Å². The van der Waals surface area contributed by atoms with Gasteiger partial charge in [0.05, 0.1) is 18.6 Å². The van der Waals surface area contributed by atoms with Gasteiger partial charge in [-0.3, -0.25) is 4.79 Å². The molecule has 0 aliphatic heterocycles. The van der Waals surface area contributed by atoms with Gasteiger partial charge in [-0.25, -0.2) is 4.98 Å². The van der Waals surface area contributed by atoms with Gasteiger partial charge in [-0.2, -0.15) is 0 Å². The molecule has 2 rings (SSSR count). The van der Waals surface area contributed by atoms with Crippen molar-refractivity contribution in [2.45, 2.75) is 20.4 Å². The highest BCUT2D eigenvalue weighted by molar-refractivity contribution is 5.94. The summed E-state index contributed by atoms with van der Waals surface area (Å²) in [5.41, 5.74) is 3.68. The largest absolute Gasteiger partial charge is 0.385 e. The summed E-state index contributed by atoms with van der Waals surface area (Å²) in [6, 6.07) is 5.65.